The van der Waals surface area contributed by atoms with Crippen LogP contribution in [0.1, 0.15) is 0 Å². The van der Waals surface area contributed by atoms with Gasteiger partial charge in [-0.1, -0.05) is 6.07 Å². The number of aromatic nitrogens is 2. The zero-order chi connectivity index (χ0) is 14.8. The Morgan fingerprint density at radius 3 is 2.43 bits per heavy atom. The summed E-state index contributed by atoms with van der Waals surface area (Å²) in [5.74, 6) is 1.22. The van der Waals surface area contributed by atoms with Gasteiger partial charge in [0.05, 0.1) is 19.9 Å². The number of aromatic hydroxyl groups is 1. The number of nitrogens with zero attached hydrogens (tertiary/aromatic N) is 2. The fourth-order valence-electron chi connectivity index (χ4n) is 2.22. The number of hydrogen-bond acceptors (Lipinski definition) is 5. The molecule has 0 atom stereocenters. The average Bonchev–Trinajstić information content (AvgIpc) is 2.55. The molecule has 5 heteroatoms. The van der Waals surface area contributed by atoms with E-state index in [0.29, 0.717) is 28.3 Å². The highest BCUT2D eigenvalue weighted by Gasteiger charge is 2.14. The zero-order valence-corrected chi connectivity index (χ0v) is 11.7. The molecule has 0 aliphatic heterocycles. The second-order valence-corrected chi connectivity index (χ2v) is 4.46. The van der Waals surface area contributed by atoms with Gasteiger partial charge < -0.3 is 14.6 Å². The van der Waals surface area contributed by atoms with Crippen molar-refractivity contribution in [2.24, 2.45) is 0 Å². The Labute approximate surface area is 121 Å². The van der Waals surface area contributed by atoms with Gasteiger partial charge in [-0.25, -0.2) is 0 Å². The summed E-state index contributed by atoms with van der Waals surface area (Å²) >= 11 is 0. The highest BCUT2D eigenvalue weighted by molar-refractivity contribution is 5.94. The van der Waals surface area contributed by atoms with Crippen LogP contribution < -0.4 is 9.47 Å². The summed E-state index contributed by atoms with van der Waals surface area (Å²) in [6, 6.07) is 8.98. The van der Waals surface area contributed by atoms with E-state index in [0.717, 1.165) is 5.39 Å². The first kappa shape index (κ1) is 13.2. The second-order valence-electron chi connectivity index (χ2n) is 4.46. The molecule has 0 radical (unpaired) electrons. The van der Waals surface area contributed by atoms with Crippen molar-refractivity contribution >= 4 is 10.8 Å². The summed E-state index contributed by atoms with van der Waals surface area (Å²) in [6.07, 6.45) is 3.34. The minimum Gasteiger partial charge on any atom is -0.505 e. The molecule has 2 aromatic heterocycles. The number of pyridine rings is 2. The van der Waals surface area contributed by atoms with Gasteiger partial charge in [-0.05, 0) is 24.3 Å². The third-order valence-corrected chi connectivity index (χ3v) is 3.28. The minimum absolute atomic E-state index is 0.0761. The molecule has 0 fully saturated rings. The van der Waals surface area contributed by atoms with E-state index in [-0.39, 0.29) is 5.75 Å². The summed E-state index contributed by atoms with van der Waals surface area (Å²) < 4.78 is 10.5. The normalized spacial score (nSPS) is 10.6. The molecule has 0 aliphatic rings. The Morgan fingerprint density at radius 2 is 1.76 bits per heavy atom. The maximum Gasteiger partial charge on any atom is 0.161 e. The average molecular weight is 282 g/mol. The smallest absolute Gasteiger partial charge is 0.161 e. The highest BCUT2D eigenvalue weighted by atomic mass is 16.5. The van der Waals surface area contributed by atoms with Gasteiger partial charge >= 0.3 is 0 Å². The molecule has 21 heavy (non-hydrogen) atoms. The minimum atomic E-state index is 0.0761. The van der Waals surface area contributed by atoms with Crippen molar-refractivity contribution in [3.05, 3.63) is 42.7 Å². The summed E-state index contributed by atoms with van der Waals surface area (Å²) in [5.41, 5.74) is 1.06. The SMILES string of the molecule is COc1cc2cnc(-c3ccccn3)c(O)c2cc1OC. The largest absolute Gasteiger partial charge is 0.505 e. The van der Waals surface area contributed by atoms with Gasteiger partial charge in [0.1, 0.15) is 5.69 Å². The Hall–Kier alpha value is -2.82. The van der Waals surface area contributed by atoms with E-state index < -0.39 is 0 Å². The maximum absolute atomic E-state index is 10.5. The topological polar surface area (TPSA) is 64.5 Å². The van der Waals surface area contributed by atoms with Gasteiger partial charge in [0.2, 0.25) is 0 Å². The lowest BCUT2D eigenvalue weighted by molar-refractivity contribution is 0.355. The fourth-order valence-corrected chi connectivity index (χ4v) is 2.22. The third kappa shape index (κ3) is 2.23. The van der Waals surface area contributed by atoms with Gasteiger partial charge in [0, 0.05) is 23.2 Å². The van der Waals surface area contributed by atoms with Crippen LogP contribution in [0.4, 0.5) is 0 Å². The summed E-state index contributed by atoms with van der Waals surface area (Å²) in [6.45, 7) is 0. The molecule has 2 heterocycles. The van der Waals surface area contributed by atoms with Crippen molar-refractivity contribution < 1.29 is 14.6 Å². The second kappa shape index (κ2) is 5.28. The van der Waals surface area contributed by atoms with E-state index in [9.17, 15) is 5.11 Å². The lowest BCUT2D eigenvalue weighted by Crippen LogP contribution is -1.93. The van der Waals surface area contributed by atoms with Crippen LogP contribution in [0.2, 0.25) is 0 Å². The number of ether oxygens (including phenoxy) is 2. The molecule has 0 spiro atoms. The van der Waals surface area contributed by atoms with E-state index in [4.69, 9.17) is 9.47 Å². The Kier molecular flexibility index (Phi) is 3.31. The number of rotatable bonds is 3. The van der Waals surface area contributed by atoms with Gasteiger partial charge in [0.15, 0.2) is 17.2 Å². The molecule has 0 saturated heterocycles. The summed E-state index contributed by atoms with van der Waals surface area (Å²) in [5, 5.41) is 11.9. The maximum atomic E-state index is 10.5. The Balaban J connectivity index is 2.25. The predicted molar refractivity (Wildman–Crippen MR) is 79.7 cm³/mol. The zero-order valence-electron chi connectivity index (χ0n) is 11.7. The lowest BCUT2D eigenvalue weighted by atomic mass is 10.1. The number of fused-ring (bicyclic) bond motifs is 1. The molecule has 0 unspecified atom stereocenters. The first-order valence-corrected chi connectivity index (χ1v) is 6.39. The molecule has 1 N–H and O–H groups in total. The molecule has 3 rings (SSSR count). The van der Waals surface area contributed by atoms with Crippen LogP contribution in [-0.4, -0.2) is 29.3 Å². The monoisotopic (exact) mass is 282 g/mol. The van der Waals surface area contributed by atoms with Crippen LogP contribution in [0.25, 0.3) is 22.2 Å². The molecule has 106 valence electrons. The van der Waals surface area contributed by atoms with Crippen LogP contribution in [0, 0.1) is 0 Å². The van der Waals surface area contributed by atoms with E-state index in [2.05, 4.69) is 9.97 Å². The van der Waals surface area contributed by atoms with Crippen molar-refractivity contribution in [3.63, 3.8) is 0 Å². The molecule has 1 aromatic carbocycles. The van der Waals surface area contributed by atoms with Crippen molar-refractivity contribution in [1.82, 2.24) is 9.97 Å². The number of hydrogen-bond donors (Lipinski definition) is 1. The van der Waals surface area contributed by atoms with Crippen molar-refractivity contribution in [1.29, 1.82) is 0 Å². The molecule has 0 amide bonds. The first-order valence-electron chi connectivity index (χ1n) is 6.39. The Morgan fingerprint density at radius 1 is 1.00 bits per heavy atom. The van der Waals surface area contributed by atoms with E-state index in [1.165, 1.54) is 0 Å². The molecule has 0 bridgehead atoms. The van der Waals surface area contributed by atoms with Crippen LogP contribution in [0.3, 0.4) is 0 Å². The fraction of sp³-hybridized carbons (Fsp3) is 0.125. The number of benzene rings is 1. The van der Waals surface area contributed by atoms with Gasteiger partial charge in [-0.2, -0.15) is 0 Å². The lowest BCUT2D eigenvalue weighted by Gasteiger charge is -2.11. The van der Waals surface area contributed by atoms with Gasteiger partial charge in [-0.3, -0.25) is 9.97 Å². The molecule has 0 saturated carbocycles. The van der Waals surface area contributed by atoms with Crippen molar-refractivity contribution in [2.45, 2.75) is 0 Å². The van der Waals surface area contributed by atoms with Gasteiger partial charge in [-0.15, -0.1) is 0 Å². The molecule has 0 aliphatic carbocycles. The molecular weight excluding hydrogens is 268 g/mol. The van der Waals surface area contributed by atoms with Crippen LogP contribution in [0.15, 0.2) is 42.7 Å². The van der Waals surface area contributed by atoms with E-state index in [1.807, 2.05) is 12.1 Å². The van der Waals surface area contributed by atoms with Gasteiger partial charge in [0.25, 0.3) is 0 Å². The summed E-state index contributed by atoms with van der Waals surface area (Å²) in [4.78, 5) is 8.51. The highest BCUT2D eigenvalue weighted by Crippen LogP contribution is 2.38. The summed E-state index contributed by atoms with van der Waals surface area (Å²) in [7, 11) is 3.13. The Bertz CT molecular complexity index is 788. The standard InChI is InChI=1S/C16H14N2O3/c1-20-13-7-10-9-18-15(12-5-3-4-6-17-12)16(19)11(10)8-14(13)21-2/h3-9,19H,1-2H3. The first-order chi connectivity index (χ1) is 10.2. The quantitative estimate of drug-likeness (QED) is 0.800. The van der Waals surface area contributed by atoms with E-state index in [1.54, 1.807) is 44.8 Å². The van der Waals surface area contributed by atoms with E-state index >= 15 is 0 Å². The third-order valence-electron chi connectivity index (χ3n) is 3.28. The van der Waals surface area contributed by atoms with Crippen LogP contribution in [0.5, 0.6) is 17.2 Å². The molecule has 3 aromatic rings. The molecular formula is C16H14N2O3. The van der Waals surface area contributed by atoms with Crippen LogP contribution in [-0.2, 0) is 0 Å². The molecule has 5 nitrogen and oxygen atoms in total. The van der Waals surface area contributed by atoms with Crippen LogP contribution >= 0.6 is 0 Å². The van der Waals surface area contributed by atoms with Crippen molar-refractivity contribution in [2.75, 3.05) is 14.2 Å². The number of methoxy groups -OCH3 is 2. The van der Waals surface area contributed by atoms with Crippen molar-refractivity contribution in [3.8, 4) is 28.6 Å². The predicted octanol–water partition coefficient (Wildman–Crippen LogP) is 3.02.